The zero-order valence-electron chi connectivity index (χ0n) is 23.3. The lowest BCUT2D eigenvalue weighted by Gasteiger charge is -2.65. The van der Waals surface area contributed by atoms with E-state index in [1.807, 2.05) is 6.92 Å². The molecule has 0 aromatic heterocycles. The highest BCUT2D eigenvalue weighted by Crippen LogP contribution is 2.70. The van der Waals surface area contributed by atoms with Crippen molar-refractivity contribution in [3.8, 4) is 0 Å². The summed E-state index contributed by atoms with van der Waals surface area (Å²) < 4.78 is 23.1. The smallest absolute Gasteiger partial charge is 0.331 e. The molecule has 0 radical (unpaired) electrons. The van der Waals surface area contributed by atoms with Gasteiger partial charge in [0.1, 0.15) is 12.7 Å². The fourth-order valence-electron chi connectivity index (χ4n) is 10.1. The van der Waals surface area contributed by atoms with Crippen molar-refractivity contribution in [1.29, 1.82) is 0 Å². The van der Waals surface area contributed by atoms with Gasteiger partial charge in [0, 0.05) is 25.0 Å². The highest BCUT2D eigenvalue weighted by Gasteiger charge is 2.70. The van der Waals surface area contributed by atoms with Crippen LogP contribution in [-0.4, -0.2) is 77.4 Å². The third-order valence-corrected chi connectivity index (χ3v) is 12.2. The molecule has 5 fully saturated rings. The van der Waals surface area contributed by atoms with Crippen molar-refractivity contribution < 1.29 is 39.1 Å². The Bertz CT molecular complexity index is 968. The Labute approximate surface area is 226 Å². The number of hydrogen-bond donors (Lipinski definition) is 3. The summed E-state index contributed by atoms with van der Waals surface area (Å²) in [5.74, 6) is 0.285. The summed E-state index contributed by atoms with van der Waals surface area (Å²) in [6.07, 6.45) is 6.83. The van der Waals surface area contributed by atoms with Gasteiger partial charge >= 0.3 is 5.97 Å². The van der Waals surface area contributed by atoms with Gasteiger partial charge in [-0.05, 0) is 93.0 Å². The molecule has 4 saturated carbocycles. The molecule has 13 atom stereocenters. The number of aliphatic hydroxyl groups is 3. The number of fused-ring (bicyclic) bond motifs is 5. The molecule has 4 aliphatic carbocycles. The molecule has 214 valence electrons. The minimum absolute atomic E-state index is 0.0464. The molecule has 3 N–H and O–H groups in total. The van der Waals surface area contributed by atoms with Crippen molar-refractivity contribution in [1.82, 2.24) is 0 Å². The average molecular weight is 535 g/mol. The molecule has 0 aromatic carbocycles. The number of cyclic esters (lactones) is 1. The first kappa shape index (κ1) is 27.2. The van der Waals surface area contributed by atoms with Gasteiger partial charge in [0.15, 0.2) is 6.29 Å². The molecule has 0 amide bonds. The van der Waals surface area contributed by atoms with Crippen molar-refractivity contribution in [3.05, 3.63) is 11.6 Å². The van der Waals surface area contributed by atoms with Crippen LogP contribution in [0.1, 0.15) is 78.6 Å². The van der Waals surface area contributed by atoms with Crippen molar-refractivity contribution in [2.24, 2.45) is 34.5 Å². The molecule has 0 bridgehead atoms. The average Bonchev–Trinajstić information content (AvgIpc) is 3.41. The van der Waals surface area contributed by atoms with Crippen LogP contribution in [0.15, 0.2) is 11.6 Å². The number of ether oxygens (including phenoxy) is 4. The van der Waals surface area contributed by atoms with E-state index in [1.54, 1.807) is 13.2 Å². The lowest BCUT2D eigenvalue weighted by Crippen LogP contribution is -2.66. The summed E-state index contributed by atoms with van der Waals surface area (Å²) in [7, 11) is 1.62. The van der Waals surface area contributed by atoms with E-state index in [2.05, 4.69) is 13.8 Å². The minimum atomic E-state index is -0.850. The van der Waals surface area contributed by atoms with Gasteiger partial charge in [0.2, 0.25) is 0 Å². The third-order valence-electron chi connectivity index (χ3n) is 12.2. The van der Waals surface area contributed by atoms with E-state index < -0.39 is 23.2 Å². The number of carbonyl (C=O) groups is 1. The fourth-order valence-corrected chi connectivity index (χ4v) is 10.1. The van der Waals surface area contributed by atoms with Crippen molar-refractivity contribution in [2.45, 2.75) is 121 Å². The molecular formula is C30H46O8. The Morgan fingerprint density at radius 3 is 2.58 bits per heavy atom. The van der Waals surface area contributed by atoms with Gasteiger partial charge in [-0.3, -0.25) is 0 Å². The summed E-state index contributed by atoms with van der Waals surface area (Å²) in [6, 6.07) is 0. The number of carbonyl (C=O) groups excluding carboxylic acids is 1. The zero-order chi connectivity index (χ0) is 27.0. The van der Waals surface area contributed by atoms with Crippen LogP contribution in [0.2, 0.25) is 0 Å². The Morgan fingerprint density at radius 2 is 1.87 bits per heavy atom. The van der Waals surface area contributed by atoms with Crippen molar-refractivity contribution in [3.63, 3.8) is 0 Å². The molecule has 6 aliphatic rings. The maximum Gasteiger partial charge on any atom is 0.331 e. The molecule has 6 rings (SSSR count). The lowest BCUT2D eigenvalue weighted by molar-refractivity contribution is -0.278. The normalized spacial score (nSPS) is 54.5. The molecule has 1 saturated heterocycles. The van der Waals surface area contributed by atoms with Crippen LogP contribution >= 0.6 is 0 Å². The predicted octanol–water partition coefficient (Wildman–Crippen LogP) is 3.11. The van der Waals surface area contributed by atoms with E-state index in [1.165, 1.54) is 0 Å². The van der Waals surface area contributed by atoms with E-state index in [0.717, 1.165) is 44.1 Å². The second-order valence-corrected chi connectivity index (χ2v) is 13.7. The molecular weight excluding hydrogens is 488 g/mol. The Morgan fingerprint density at radius 1 is 1.08 bits per heavy atom. The van der Waals surface area contributed by atoms with Crippen LogP contribution in [0.5, 0.6) is 0 Å². The zero-order valence-corrected chi connectivity index (χ0v) is 23.3. The van der Waals surface area contributed by atoms with Crippen LogP contribution in [0.25, 0.3) is 0 Å². The monoisotopic (exact) mass is 534 g/mol. The van der Waals surface area contributed by atoms with E-state index in [9.17, 15) is 20.1 Å². The highest BCUT2D eigenvalue weighted by molar-refractivity contribution is 5.85. The van der Waals surface area contributed by atoms with Crippen molar-refractivity contribution >= 4 is 5.97 Å². The van der Waals surface area contributed by atoms with Gasteiger partial charge in [-0.2, -0.15) is 0 Å². The molecule has 0 spiro atoms. The van der Waals surface area contributed by atoms with E-state index >= 15 is 0 Å². The number of rotatable bonds is 4. The van der Waals surface area contributed by atoms with Crippen LogP contribution < -0.4 is 0 Å². The summed E-state index contributed by atoms with van der Waals surface area (Å²) in [5.41, 5.74) is -0.389. The largest absolute Gasteiger partial charge is 0.458 e. The first-order valence-electron chi connectivity index (χ1n) is 14.8. The number of esters is 1. The molecule has 8 nitrogen and oxygen atoms in total. The van der Waals surface area contributed by atoms with Crippen LogP contribution in [0, 0.1) is 34.5 Å². The molecule has 38 heavy (non-hydrogen) atoms. The Hall–Kier alpha value is -1.03. The summed E-state index contributed by atoms with van der Waals surface area (Å²) >= 11 is 0. The van der Waals surface area contributed by atoms with Crippen LogP contribution in [0.4, 0.5) is 0 Å². The maximum atomic E-state index is 12.4. The quantitative estimate of drug-likeness (QED) is 0.372. The SMILES string of the molecule is CO[C@H]1C[C@H](O[C@H]2CC[C@@]3(C)C(CC[C@@H]4[C@@H]3[C@H](O)C[C@]3(C)[C@@H](C5=CC(=O)OC5)CC[C@]43O)C2)O[C@@H](C)[C@@H]1O. The number of aliphatic hydroxyl groups excluding tert-OH is 2. The topological polar surface area (TPSA) is 115 Å². The highest BCUT2D eigenvalue weighted by atomic mass is 16.7. The van der Waals surface area contributed by atoms with E-state index in [-0.39, 0.29) is 53.7 Å². The second-order valence-electron chi connectivity index (χ2n) is 13.7. The van der Waals surface area contributed by atoms with Crippen LogP contribution in [0.3, 0.4) is 0 Å². The summed E-state index contributed by atoms with van der Waals surface area (Å²) in [4.78, 5) is 11.8. The fraction of sp³-hybridized carbons (Fsp3) is 0.900. The standard InChI is InChI=1S/C30H46O8/c1-16-27(33)23(35-4)13-25(37-16)38-19-7-9-28(2)18(12-19)5-6-21-26(28)22(31)14-29(3)20(8-10-30(21,29)34)17-11-24(32)36-15-17/h11,16,18-23,25-27,31,33-34H,5-10,12-15H2,1-4H3/t16-,18?,19-,20+,21+,22+,23-,25-,26+,27-,28-,29+,30-/m0/s1. The van der Waals surface area contributed by atoms with E-state index in [4.69, 9.17) is 18.9 Å². The Balaban J connectivity index is 1.18. The minimum Gasteiger partial charge on any atom is -0.458 e. The van der Waals surface area contributed by atoms with Gasteiger partial charge < -0.3 is 34.3 Å². The van der Waals surface area contributed by atoms with Gasteiger partial charge in [0.25, 0.3) is 0 Å². The third kappa shape index (κ3) is 3.96. The first-order valence-corrected chi connectivity index (χ1v) is 14.8. The van der Waals surface area contributed by atoms with Gasteiger partial charge in [-0.25, -0.2) is 4.79 Å². The lowest BCUT2D eigenvalue weighted by atomic mass is 9.42. The van der Waals surface area contributed by atoms with Gasteiger partial charge in [-0.1, -0.05) is 13.8 Å². The first-order chi connectivity index (χ1) is 18.0. The predicted molar refractivity (Wildman–Crippen MR) is 138 cm³/mol. The van der Waals surface area contributed by atoms with Crippen LogP contribution in [-0.2, 0) is 23.7 Å². The maximum absolute atomic E-state index is 12.4. The Kier molecular flexibility index (Phi) is 6.80. The summed E-state index contributed by atoms with van der Waals surface area (Å²) in [5, 5.41) is 34.5. The molecule has 8 heteroatoms. The van der Waals surface area contributed by atoms with E-state index in [0.29, 0.717) is 31.8 Å². The second kappa shape index (κ2) is 9.52. The van der Waals surface area contributed by atoms with Gasteiger partial charge in [-0.15, -0.1) is 0 Å². The summed E-state index contributed by atoms with van der Waals surface area (Å²) in [6.45, 7) is 6.65. The van der Waals surface area contributed by atoms with Gasteiger partial charge in [0.05, 0.1) is 30.0 Å². The molecule has 1 unspecified atom stereocenters. The number of hydrogen-bond acceptors (Lipinski definition) is 8. The molecule has 2 heterocycles. The molecule has 0 aromatic rings. The van der Waals surface area contributed by atoms with Crippen molar-refractivity contribution in [2.75, 3.05) is 13.7 Å². The molecule has 2 aliphatic heterocycles. The number of methoxy groups -OCH3 is 1.